The van der Waals surface area contributed by atoms with Gasteiger partial charge in [-0.05, 0) is 89.2 Å². The molecular weight excluding hydrogens is 587 g/mol. The molecule has 1 unspecified atom stereocenters. The number of fused-ring (bicyclic) bond motifs is 7. The average Bonchev–Trinajstić information content (AvgIpc) is 3.83. The molecular formula is C45H31NO2. The van der Waals surface area contributed by atoms with Gasteiger partial charge in [0.1, 0.15) is 22.5 Å². The molecule has 0 amide bonds. The van der Waals surface area contributed by atoms with Gasteiger partial charge in [-0.25, -0.2) is 0 Å². The zero-order valence-corrected chi connectivity index (χ0v) is 26.3. The number of para-hydroxylation sites is 3. The molecule has 0 spiro atoms. The minimum atomic E-state index is 0.0558. The molecule has 3 nitrogen and oxygen atoms in total. The van der Waals surface area contributed by atoms with Gasteiger partial charge in [-0.2, -0.15) is 0 Å². The molecule has 1 aliphatic rings. The lowest BCUT2D eigenvalue weighted by atomic mass is 9.84. The van der Waals surface area contributed by atoms with Gasteiger partial charge in [0.15, 0.2) is 0 Å². The number of aromatic nitrogens is 1. The number of hydrogen-bond donors (Lipinski definition) is 0. The SMILES string of the molecule is C1=Cc2c(oc3ccccc23)C(c2cc(-c3ccc4oc5ccccc5c4c3)cc3c(Cc4ccccc4)cn(-c4ccccc4)c23)C1. The van der Waals surface area contributed by atoms with E-state index in [1.165, 1.54) is 49.7 Å². The molecule has 3 heterocycles. The predicted octanol–water partition coefficient (Wildman–Crippen LogP) is 12.1. The van der Waals surface area contributed by atoms with Gasteiger partial charge in [0.2, 0.25) is 0 Å². The number of hydrogen-bond acceptors (Lipinski definition) is 2. The van der Waals surface area contributed by atoms with E-state index in [0.29, 0.717) is 0 Å². The summed E-state index contributed by atoms with van der Waals surface area (Å²) in [5.74, 6) is 1.10. The van der Waals surface area contributed by atoms with Crippen LogP contribution in [0.3, 0.4) is 0 Å². The predicted molar refractivity (Wildman–Crippen MR) is 197 cm³/mol. The normalized spacial score (nSPS) is 14.4. The minimum absolute atomic E-state index is 0.0558. The number of nitrogens with zero attached hydrogens (tertiary/aromatic N) is 1. The van der Waals surface area contributed by atoms with Crippen LogP contribution in [0.15, 0.2) is 161 Å². The highest BCUT2D eigenvalue weighted by molar-refractivity contribution is 6.06. The molecule has 48 heavy (non-hydrogen) atoms. The molecule has 0 radical (unpaired) electrons. The number of allylic oxidation sites excluding steroid dienone is 1. The Morgan fingerprint density at radius 3 is 2.10 bits per heavy atom. The summed E-state index contributed by atoms with van der Waals surface area (Å²) >= 11 is 0. The first kappa shape index (κ1) is 27.1. The van der Waals surface area contributed by atoms with E-state index in [-0.39, 0.29) is 5.92 Å². The van der Waals surface area contributed by atoms with Crippen LogP contribution >= 0.6 is 0 Å². The lowest BCUT2D eigenvalue weighted by molar-refractivity contribution is 0.517. The summed E-state index contributed by atoms with van der Waals surface area (Å²) in [6.45, 7) is 0. The lowest BCUT2D eigenvalue weighted by Gasteiger charge is -2.22. The zero-order chi connectivity index (χ0) is 31.6. The smallest absolute Gasteiger partial charge is 0.135 e. The van der Waals surface area contributed by atoms with Gasteiger partial charge in [-0.15, -0.1) is 0 Å². The third kappa shape index (κ3) is 4.28. The summed E-state index contributed by atoms with van der Waals surface area (Å²) < 4.78 is 15.3. The average molecular weight is 618 g/mol. The van der Waals surface area contributed by atoms with E-state index in [4.69, 9.17) is 8.83 Å². The van der Waals surface area contributed by atoms with Gasteiger partial charge in [-0.3, -0.25) is 0 Å². The largest absolute Gasteiger partial charge is 0.460 e. The number of furan rings is 2. The van der Waals surface area contributed by atoms with E-state index in [1.54, 1.807) is 0 Å². The van der Waals surface area contributed by atoms with Gasteiger partial charge >= 0.3 is 0 Å². The Balaban J connectivity index is 1.27. The molecule has 10 rings (SSSR count). The van der Waals surface area contributed by atoms with E-state index >= 15 is 0 Å². The summed E-state index contributed by atoms with van der Waals surface area (Å²) in [5, 5.41) is 4.71. The second-order valence-electron chi connectivity index (χ2n) is 12.9. The maximum atomic E-state index is 6.72. The Hall–Kier alpha value is -6.06. The first-order chi connectivity index (χ1) is 23.8. The van der Waals surface area contributed by atoms with Gasteiger partial charge < -0.3 is 13.4 Å². The molecule has 0 aliphatic heterocycles. The second-order valence-corrected chi connectivity index (χ2v) is 12.9. The van der Waals surface area contributed by atoms with Crippen molar-refractivity contribution in [2.24, 2.45) is 0 Å². The summed E-state index contributed by atoms with van der Waals surface area (Å²) in [7, 11) is 0. The third-order valence-electron chi connectivity index (χ3n) is 10.0. The van der Waals surface area contributed by atoms with Crippen molar-refractivity contribution in [1.82, 2.24) is 4.57 Å². The van der Waals surface area contributed by atoms with Crippen LogP contribution in [-0.4, -0.2) is 4.57 Å². The van der Waals surface area contributed by atoms with E-state index in [2.05, 4.69) is 150 Å². The third-order valence-corrected chi connectivity index (χ3v) is 10.0. The molecule has 1 aliphatic carbocycles. The van der Waals surface area contributed by atoms with Gasteiger partial charge in [-0.1, -0.05) is 103 Å². The van der Waals surface area contributed by atoms with Crippen molar-refractivity contribution in [3.63, 3.8) is 0 Å². The molecule has 0 fully saturated rings. The summed E-state index contributed by atoms with van der Waals surface area (Å²) in [5.41, 5.74) is 12.6. The van der Waals surface area contributed by atoms with Crippen molar-refractivity contribution in [3.05, 3.63) is 180 Å². The first-order valence-electron chi connectivity index (χ1n) is 16.7. The van der Waals surface area contributed by atoms with E-state index in [1.807, 2.05) is 12.1 Å². The fourth-order valence-electron chi connectivity index (χ4n) is 7.76. The Labute approximate surface area is 278 Å². The Kier molecular flexibility index (Phi) is 6.07. The van der Waals surface area contributed by atoms with Crippen LogP contribution < -0.4 is 0 Å². The highest BCUT2D eigenvalue weighted by atomic mass is 16.3. The van der Waals surface area contributed by atoms with Crippen molar-refractivity contribution >= 4 is 49.9 Å². The van der Waals surface area contributed by atoms with Crippen LogP contribution in [0.2, 0.25) is 0 Å². The minimum Gasteiger partial charge on any atom is -0.460 e. The zero-order valence-electron chi connectivity index (χ0n) is 26.3. The molecule has 228 valence electrons. The molecule has 0 bridgehead atoms. The van der Waals surface area contributed by atoms with Gasteiger partial charge in [0, 0.05) is 44.9 Å². The standard InChI is InChI=1S/C45H31NO2/c1-3-12-29(13-4-1)24-32-28-46(33-14-5-2-6-15-33)44-38(32)26-31(30-22-23-43-39(25-30)35-17-8-9-20-41(35)47-43)27-40(44)37-19-11-18-36-34-16-7-10-21-42(34)48-45(36)37/h1-18,20-23,25-28,37H,19,24H2. The second kappa shape index (κ2) is 10.8. The van der Waals surface area contributed by atoms with Crippen LogP contribution in [0.4, 0.5) is 0 Å². The molecule has 9 aromatic rings. The molecule has 3 heteroatoms. The molecule has 0 N–H and O–H groups in total. The van der Waals surface area contributed by atoms with Crippen molar-refractivity contribution in [2.45, 2.75) is 18.8 Å². The van der Waals surface area contributed by atoms with Crippen LogP contribution in [0, 0.1) is 0 Å². The van der Waals surface area contributed by atoms with Crippen LogP contribution in [-0.2, 0) is 6.42 Å². The van der Waals surface area contributed by atoms with E-state index < -0.39 is 0 Å². The van der Waals surface area contributed by atoms with E-state index in [9.17, 15) is 0 Å². The van der Waals surface area contributed by atoms with Crippen molar-refractivity contribution in [1.29, 1.82) is 0 Å². The highest BCUT2D eigenvalue weighted by Gasteiger charge is 2.29. The summed E-state index contributed by atoms with van der Waals surface area (Å²) in [4.78, 5) is 0. The molecule has 0 saturated carbocycles. The van der Waals surface area contributed by atoms with Crippen LogP contribution in [0.1, 0.15) is 40.4 Å². The Bertz CT molecular complexity index is 2670. The fraction of sp³-hybridized carbons (Fsp3) is 0.0667. The fourth-order valence-corrected chi connectivity index (χ4v) is 7.76. The lowest BCUT2D eigenvalue weighted by Crippen LogP contribution is -2.07. The Morgan fingerprint density at radius 1 is 0.583 bits per heavy atom. The molecule has 0 saturated heterocycles. The molecule has 3 aromatic heterocycles. The van der Waals surface area contributed by atoms with Gasteiger partial charge in [0.05, 0.1) is 5.52 Å². The highest BCUT2D eigenvalue weighted by Crippen LogP contribution is 2.46. The maximum absolute atomic E-state index is 6.72. The van der Waals surface area contributed by atoms with Crippen molar-refractivity contribution < 1.29 is 8.83 Å². The van der Waals surface area contributed by atoms with Gasteiger partial charge in [0.25, 0.3) is 0 Å². The summed E-state index contributed by atoms with van der Waals surface area (Å²) in [6.07, 6.45) is 8.62. The summed E-state index contributed by atoms with van der Waals surface area (Å²) in [6, 6.07) is 49.7. The topological polar surface area (TPSA) is 31.2 Å². The molecule has 1 atom stereocenters. The van der Waals surface area contributed by atoms with Crippen LogP contribution in [0.5, 0.6) is 0 Å². The van der Waals surface area contributed by atoms with Crippen molar-refractivity contribution in [3.8, 4) is 16.8 Å². The van der Waals surface area contributed by atoms with Crippen LogP contribution in [0.25, 0.3) is 66.7 Å². The maximum Gasteiger partial charge on any atom is 0.135 e. The Morgan fingerprint density at radius 2 is 1.27 bits per heavy atom. The quantitative estimate of drug-likeness (QED) is 0.192. The first-order valence-corrected chi connectivity index (χ1v) is 16.7. The van der Waals surface area contributed by atoms with E-state index in [0.717, 1.165) is 51.8 Å². The van der Waals surface area contributed by atoms with Crippen molar-refractivity contribution in [2.75, 3.05) is 0 Å². The number of benzene rings is 6. The number of rotatable bonds is 5. The monoisotopic (exact) mass is 617 g/mol. The molecule has 6 aromatic carbocycles.